The predicted octanol–water partition coefficient (Wildman–Crippen LogP) is 2.46. The molecule has 0 saturated carbocycles. The van der Waals surface area contributed by atoms with Gasteiger partial charge in [0.2, 0.25) is 5.91 Å². The van der Waals surface area contributed by atoms with Crippen molar-refractivity contribution in [2.75, 3.05) is 13.2 Å². The Morgan fingerprint density at radius 3 is 2.78 bits per heavy atom. The van der Waals surface area contributed by atoms with Gasteiger partial charge in [-0.25, -0.2) is 4.39 Å². The number of amides is 1. The van der Waals surface area contributed by atoms with Gasteiger partial charge in [-0.3, -0.25) is 9.69 Å². The molecule has 128 valence electrons. The molecule has 2 N–H and O–H groups in total. The van der Waals surface area contributed by atoms with E-state index < -0.39 is 0 Å². The van der Waals surface area contributed by atoms with Gasteiger partial charge in [0, 0.05) is 19.2 Å². The Morgan fingerprint density at radius 2 is 2.13 bits per heavy atom. The van der Waals surface area contributed by atoms with Crippen molar-refractivity contribution in [3.05, 3.63) is 35.6 Å². The number of carbonyl (C=O) groups excluding carboxylic acids is 1. The molecule has 2 unspecified atom stereocenters. The Morgan fingerprint density at radius 1 is 1.39 bits per heavy atom. The largest absolute Gasteiger partial charge is 0.396 e. The maximum Gasteiger partial charge on any atom is 0.237 e. The molecule has 0 aromatic heterocycles. The monoisotopic (exact) mass is 322 g/mol. The lowest BCUT2D eigenvalue weighted by atomic mass is 9.99. The van der Waals surface area contributed by atoms with Crippen LogP contribution in [-0.4, -0.2) is 41.1 Å². The highest BCUT2D eigenvalue weighted by Crippen LogP contribution is 2.20. The summed E-state index contributed by atoms with van der Waals surface area (Å²) in [6.45, 7) is 3.64. The Hall–Kier alpha value is -1.46. The lowest BCUT2D eigenvalue weighted by Gasteiger charge is -2.35. The molecule has 0 spiro atoms. The minimum absolute atomic E-state index is 0.0297. The minimum Gasteiger partial charge on any atom is -0.396 e. The summed E-state index contributed by atoms with van der Waals surface area (Å²) in [5, 5.41) is 12.1. The van der Waals surface area contributed by atoms with Gasteiger partial charge in [0.05, 0.1) is 6.04 Å². The molecule has 1 aliphatic heterocycles. The normalized spacial score (nSPS) is 20.2. The number of nitrogens with one attached hydrogen (secondary N) is 1. The molecule has 1 heterocycles. The second-order valence-corrected chi connectivity index (χ2v) is 6.23. The first-order valence-corrected chi connectivity index (χ1v) is 8.53. The van der Waals surface area contributed by atoms with Crippen LogP contribution in [0.3, 0.4) is 0 Å². The van der Waals surface area contributed by atoms with Gasteiger partial charge < -0.3 is 10.4 Å². The van der Waals surface area contributed by atoms with E-state index in [0.29, 0.717) is 13.0 Å². The van der Waals surface area contributed by atoms with Crippen molar-refractivity contribution >= 4 is 5.91 Å². The molecule has 23 heavy (non-hydrogen) atoms. The van der Waals surface area contributed by atoms with Crippen molar-refractivity contribution in [3.8, 4) is 0 Å². The van der Waals surface area contributed by atoms with E-state index in [9.17, 15) is 9.18 Å². The van der Waals surface area contributed by atoms with Gasteiger partial charge in [-0.05, 0) is 49.9 Å². The van der Waals surface area contributed by atoms with Gasteiger partial charge in [-0.15, -0.1) is 0 Å². The molecule has 1 saturated heterocycles. The van der Waals surface area contributed by atoms with Crippen molar-refractivity contribution in [2.24, 2.45) is 0 Å². The molecule has 5 heteroatoms. The maximum absolute atomic E-state index is 13.0. The molecule has 1 aromatic carbocycles. The molecule has 0 radical (unpaired) electrons. The summed E-state index contributed by atoms with van der Waals surface area (Å²) in [6, 6.07) is 6.37. The van der Waals surface area contributed by atoms with Crippen molar-refractivity contribution < 1.29 is 14.3 Å². The summed E-state index contributed by atoms with van der Waals surface area (Å²) in [4.78, 5) is 14.8. The Kier molecular flexibility index (Phi) is 6.99. The van der Waals surface area contributed by atoms with E-state index in [1.165, 1.54) is 12.1 Å². The van der Waals surface area contributed by atoms with Gasteiger partial charge in [0.25, 0.3) is 0 Å². The summed E-state index contributed by atoms with van der Waals surface area (Å²) in [5.41, 5.74) is 1.02. The van der Waals surface area contributed by atoms with E-state index in [2.05, 4.69) is 10.2 Å². The number of nitrogens with zero attached hydrogens (tertiary/aromatic N) is 1. The Labute approximate surface area is 137 Å². The number of likely N-dealkylation sites (tertiary alicyclic amines) is 1. The first-order valence-electron chi connectivity index (χ1n) is 8.53. The molecule has 1 aliphatic rings. The van der Waals surface area contributed by atoms with Gasteiger partial charge >= 0.3 is 0 Å². The molecule has 1 amide bonds. The number of halogens is 1. The van der Waals surface area contributed by atoms with E-state index in [-0.39, 0.29) is 30.4 Å². The third kappa shape index (κ3) is 5.29. The summed E-state index contributed by atoms with van der Waals surface area (Å²) in [7, 11) is 0. The van der Waals surface area contributed by atoms with Crippen LogP contribution in [-0.2, 0) is 11.3 Å². The lowest BCUT2D eigenvalue weighted by molar-refractivity contribution is -0.128. The fraction of sp³-hybridized carbons (Fsp3) is 0.611. The average molecular weight is 322 g/mol. The zero-order valence-corrected chi connectivity index (χ0v) is 13.8. The topological polar surface area (TPSA) is 52.6 Å². The van der Waals surface area contributed by atoms with E-state index >= 15 is 0 Å². The number of hydrogen-bond acceptors (Lipinski definition) is 3. The van der Waals surface area contributed by atoms with Gasteiger partial charge in [-0.2, -0.15) is 0 Å². The zero-order chi connectivity index (χ0) is 16.7. The standard InChI is InChI=1S/C18H27FN2O2/c1-2-16(10-12-22)20-18(23)17-5-3-4-11-21(17)13-14-6-8-15(19)9-7-14/h6-9,16-17,22H,2-5,10-13H2,1H3,(H,20,23). The van der Waals surface area contributed by atoms with E-state index in [4.69, 9.17) is 5.11 Å². The summed E-state index contributed by atoms with van der Waals surface area (Å²) >= 11 is 0. The smallest absolute Gasteiger partial charge is 0.237 e. The number of rotatable bonds is 7. The number of piperidine rings is 1. The highest BCUT2D eigenvalue weighted by atomic mass is 19.1. The van der Waals surface area contributed by atoms with Crippen LogP contribution in [0, 0.1) is 5.82 Å². The molecule has 1 aromatic rings. The van der Waals surface area contributed by atoms with Gasteiger partial charge in [0.1, 0.15) is 5.82 Å². The molecule has 0 aliphatic carbocycles. The molecular formula is C18H27FN2O2. The quantitative estimate of drug-likeness (QED) is 0.811. The van der Waals surface area contributed by atoms with Crippen molar-refractivity contribution in [1.29, 1.82) is 0 Å². The highest BCUT2D eigenvalue weighted by molar-refractivity contribution is 5.82. The fourth-order valence-electron chi connectivity index (χ4n) is 3.13. The van der Waals surface area contributed by atoms with Crippen molar-refractivity contribution in [3.63, 3.8) is 0 Å². The predicted molar refractivity (Wildman–Crippen MR) is 88.4 cm³/mol. The lowest BCUT2D eigenvalue weighted by Crippen LogP contribution is -2.51. The van der Waals surface area contributed by atoms with Crippen LogP contribution in [0.15, 0.2) is 24.3 Å². The van der Waals surface area contributed by atoms with Gasteiger partial charge in [-0.1, -0.05) is 25.5 Å². The first kappa shape index (κ1) is 17.9. The van der Waals surface area contributed by atoms with Crippen LogP contribution in [0.5, 0.6) is 0 Å². The summed E-state index contributed by atoms with van der Waals surface area (Å²) in [6.07, 6.45) is 4.39. The number of benzene rings is 1. The third-order valence-electron chi connectivity index (χ3n) is 4.53. The van der Waals surface area contributed by atoms with Crippen LogP contribution in [0.1, 0.15) is 44.6 Å². The Bertz CT molecular complexity index is 492. The summed E-state index contributed by atoms with van der Waals surface area (Å²) < 4.78 is 13.0. The van der Waals surface area contributed by atoms with Gasteiger partial charge in [0.15, 0.2) is 0 Å². The van der Waals surface area contributed by atoms with Crippen molar-refractivity contribution in [1.82, 2.24) is 10.2 Å². The van der Waals surface area contributed by atoms with Crippen LogP contribution >= 0.6 is 0 Å². The summed E-state index contributed by atoms with van der Waals surface area (Å²) in [5.74, 6) is -0.191. The van der Waals surface area contributed by atoms with E-state index in [1.807, 2.05) is 6.92 Å². The highest BCUT2D eigenvalue weighted by Gasteiger charge is 2.29. The van der Waals surface area contributed by atoms with E-state index in [0.717, 1.165) is 37.8 Å². The van der Waals surface area contributed by atoms with Crippen molar-refractivity contribution in [2.45, 2.75) is 57.7 Å². The minimum atomic E-state index is -0.239. The van der Waals surface area contributed by atoms with Crippen LogP contribution in [0.4, 0.5) is 4.39 Å². The molecule has 2 rings (SSSR count). The van der Waals surface area contributed by atoms with E-state index in [1.54, 1.807) is 12.1 Å². The molecule has 4 nitrogen and oxygen atoms in total. The molecular weight excluding hydrogens is 295 g/mol. The number of carbonyl (C=O) groups is 1. The molecule has 1 fully saturated rings. The SMILES string of the molecule is CCC(CCO)NC(=O)C1CCCCN1Cc1ccc(F)cc1. The number of hydrogen-bond donors (Lipinski definition) is 2. The maximum atomic E-state index is 13.0. The Balaban J connectivity index is 1.99. The second-order valence-electron chi connectivity index (χ2n) is 6.23. The molecule has 0 bridgehead atoms. The average Bonchev–Trinajstić information content (AvgIpc) is 2.57. The third-order valence-corrected chi connectivity index (χ3v) is 4.53. The zero-order valence-electron chi connectivity index (χ0n) is 13.8. The number of aliphatic hydroxyl groups is 1. The first-order chi connectivity index (χ1) is 11.1. The number of aliphatic hydroxyl groups excluding tert-OH is 1. The van der Waals surface area contributed by atoms with Crippen LogP contribution in [0.25, 0.3) is 0 Å². The molecule has 2 atom stereocenters. The second kappa shape index (κ2) is 8.99. The van der Waals surface area contributed by atoms with Crippen LogP contribution < -0.4 is 5.32 Å². The fourth-order valence-corrected chi connectivity index (χ4v) is 3.13. The van der Waals surface area contributed by atoms with Crippen LogP contribution in [0.2, 0.25) is 0 Å².